The largest absolute Gasteiger partial charge is 0.481 e. The molecular weight excluding hydrogens is 462 g/mol. The third kappa shape index (κ3) is 4.82. The van der Waals surface area contributed by atoms with Crippen molar-refractivity contribution < 1.29 is 28.8 Å². The van der Waals surface area contributed by atoms with Gasteiger partial charge in [-0.05, 0) is 34.4 Å². The summed E-state index contributed by atoms with van der Waals surface area (Å²) in [5, 5.41) is 10.4. The third-order valence-corrected chi connectivity index (χ3v) is 5.70. The zero-order valence-electron chi connectivity index (χ0n) is 20.0. The zero-order chi connectivity index (χ0) is 25.5. The van der Waals surface area contributed by atoms with Crippen LogP contribution in [0.15, 0.2) is 85.2 Å². The molecule has 0 saturated heterocycles. The summed E-state index contributed by atoms with van der Waals surface area (Å²) in [4.78, 5) is 25.3. The predicted octanol–water partition coefficient (Wildman–Crippen LogP) is 3.98. The number of aromatic nitrogens is 3. The average molecular weight is 488 g/mol. The van der Waals surface area contributed by atoms with Crippen LogP contribution in [0.3, 0.4) is 0 Å². The number of ether oxygens (including phenoxy) is 4. The number of carbonyl (C=O) groups is 1. The van der Waals surface area contributed by atoms with Crippen molar-refractivity contribution in [3.05, 3.63) is 96.3 Å². The fourth-order valence-corrected chi connectivity index (χ4v) is 4.02. The summed E-state index contributed by atoms with van der Waals surface area (Å²) in [6.07, 6.45) is 1.83. The van der Waals surface area contributed by atoms with E-state index < -0.39 is 17.7 Å². The summed E-state index contributed by atoms with van der Waals surface area (Å²) in [6, 6.07) is 21.4. The van der Waals surface area contributed by atoms with E-state index in [0.29, 0.717) is 11.1 Å². The molecule has 1 N–H and O–H groups in total. The summed E-state index contributed by atoms with van der Waals surface area (Å²) in [6.45, 7) is 0. The van der Waals surface area contributed by atoms with Crippen LogP contribution in [0.25, 0.3) is 11.1 Å². The molecule has 2 aromatic heterocycles. The van der Waals surface area contributed by atoms with Crippen molar-refractivity contribution >= 4 is 5.97 Å². The normalized spacial score (nSPS) is 13.3. The molecular formula is C27H25N3O6. The molecule has 184 valence electrons. The average Bonchev–Trinajstić information content (AvgIpc) is 2.94. The quantitative estimate of drug-likeness (QED) is 0.355. The number of benzene rings is 2. The third-order valence-electron chi connectivity index (χ3n) is 5.70. The van der Waals surface area contributed by atoms with Crippen LogP contribution in [0.1, 0.15) is 11.1 Å². The van der Waals surface area contributed by atoms with Crippen LogP contribution in [-0.2, 0) is 15.1 Å². The summed E-state index contributed by atoms with van der Waals surface area (Å²) >= 11 is 0. The van der Waals surface area contributed by atoms with Crippen LogP contribution in [0.4, 0.5) is 0 Å². The van der Waals surface area contributed by atoms with E-state index >= 15 is 0 Å². The Balaban J connectivity index is 1.91. The lowest BCUT2D eigenvalue weighted by molar-refractivity contribution is -0.160. The molecule has 0 aliphatic carbocycles. The van der Waals surface area contributed by atoms with Crippen molar-refractivity contribution in [3.8, 4) is 28.9 Å². The van der Waals surface area contributed by atoms with E-state index in [4.69, 9.17) is 18.9 Å². The molecule has 2 atom stereocenters. The molecule has 0 bridgehead atoms. The molecule has 4 aromatic rings. The summed E-state index contributed by atoms with van der Waals surface area (Å²) in [5.41, 5.74) is 1.25. The van der Waals surface area contributed by atoms with E-state index in [9.17, 15) is 9.90 Å². The zero-order valence-corrected chi connectivity index (χ0v) is 20.0. The van der Waals surface area contributed by atoms with Crippen LogP contribution < -0.4 is 14.2 Å². The molecule has 2 aromatic carbocycles. The van der Waals surface area contributed by atoms with Gasteiger partial charge in [-0.15, -0.1) is 0 Å². The standard InChI is InChI=1S/C27H25N3O6/c1-33-22-16-23(34-2)30-26(29-22)36-24(25(31)32)27(35-3,20-11-5-4-6-12-20)21-13-7-9-18(15-21)19-10-8-14-28-17-19/h4-17,24H,1-3H3,(H,31,32). The highest BCUT2D eigenvalue weighted by atomic mass is 16.6. The molecule has 0 radical (unpaired) electrons. The van der Waals surface area contributed by atoms with Gasteiger partial charge < -0.3 is 24.1 Å². The number of carboxylic acid groups (broad SMARTS) is 1. The number of methoxy groups -OCH3 is 3. The first kappa shape index (κ1) is 24.6. The number of hydrogen-bond acceptors (Lipinski definition) is 8. The highest BCUT2D eigenvalue weighted by Crippen LogP contribution is 2.40. The van der Waals surface area contributed by atoms with Gasteiger partial charge in [0, 0.05) is 19.5 Å². The first-order valence-corrected chi connectivity index (χ1v) is 11.0. The van der Waals surface area contributed by atoms with Gasteiger partial charge in [0.25, 0.3) is 0 Å². The van der Waals surface area contributed by atoms with Gasteiger partial charge in [-0.3, -0.25) is 4.98 Å². The van der Waals surface area contributed by atoms with Crippen molar-refractivity contribution in [2.75, 3.05) is 21.3 Å². The van der Waals surface area contributed by atoms with E-state index in [0.717, 1.165) is 11.1 Å². The SMILES string of the molecule is COc1cc(OC)nc(OC(C(=O)O)C(OC)(c2ccccc2)c2cccc(-c3cccnc3)c2)n1. The molecule has 2 heterocycles. The number of carboxylic acids is 1. The topological polar surface area (TPSA) is 113 Å². The smallest absolute Gasteiger partial charge is 0.348 e. The minimum absolute atomic E-state index is 0.155. The number of pyridine rings is 1. The Kier molecular flexibility index (Phi) is 7.41. The van der Waals surface area contributed by atoms with Crippen molar-refractivity contribution in [1.82, 2.24) is 15.0 Å². The molecule has 9 nitrogen and oxygen atoms in total. The first-order chi connectivity index (χ1) is 17.5. The second-order valence-corrected chi connectivity index (χ2v) is 7.70. The van der Waals surface area contributed by atoms with E-state index in [2.05, 4.69) is 15.0 Å². The molecule has 4 rings (SSSR count). The Labute approximate surface area is 208 Å². The Morgan fingerprint density at radius 3 is 2.08 bits per heavy atom. The first-order valence-electron chi connectivity index (χ1n) is 11.0. The predicted molar refractivity (Wildman–Crippen MR) is 131 cm³/mol. The second-order valence-electron chi connectivity index (χ2n) is 7.70. The highest BCUT2D eigenvalue weighted by Gasteiger charge is 2.49. The van der Waals surface area contributed by atoms with Crippen LogP contribution in [0.2, 0.25) is 0 Å². The Bertz CT molecular complexity index is 1300. The molecule has 0 aliphatic rings. The summed E-state index contributed by atoms with van der Waals surface area (Å²) in [7, 11) is 4.29. The van der Waals surface area contributed by atoms with Crippen LogP contribution in [0, 0.1) is 0 Å². The van der Waals surface area contributed by atoms with Crippen LogP contribution >= 0.6 is 0 Å². The molecule has 0 aliphatic heterocycles. The maximum Gasteiger partial charge on any atom is 0.348 e. The fraction of sp³-hybridized carbons (Fsp3) is 0.185. The Morgan fingerprint density at radius 1 is 0.833 bits per heavy atom. The minimum Gasteiger partial charge on any atom is -0.481 e. The van der Waals surface area contributed by atoms with Gasteiger partial charge in [0.1, 0.15) is 0 Å². The van der Waals surface area contributed by atoms with E-state index in [-0.39, 0.29) is 17.8 Å². The highest BCUT2D eigenvalue weighted by molar-refractivity contribution is 5.77. The molecule has 0 fully saturated rings. The van der Waals surface area contributed by atoms with Crippen LogP contribution in [0.5, 0.6) is 17.8 Å². The van der Waals surface area contributed by atoms with Crippen molar-refractivity contribution in [2.45, 2.75) is 11.7 Å². The Hall–Kier alpha value is -4.50. The van der Waals surface area contributed by atoms with Crippen molar-refractivity contribution in [1.29, 1.82) is 0 Å². The summed E-state index contributed by atoms with van der Waals surface area (Å²) < 4.78 is 22.4. The van der Waals surface area contributed by atoms with Gasteiger partial charge in [0.05, 0.1) is 20.3 Å². The van der Waals surface area contributed by atoms with Crippen molar-refractivity contribution in [3.63, 3.8) is 0 Å². The van der Waals surface area contributed by atoms with E-state index in [1.54, 1.807) is 42.7 Å². The molecule has 0 amide bonds. The van der Waals surface area contributed by atoms with Gasteiger partial charge in [-0.2, -0.15) is 9.97 Å². The summed E-state index contributed by atoms with van der Waals surface area (Å²) in [5.74, 6) is -0.970. The second kappa shape index (κ2) is 10.8. The van der Waals surface area contributed by atoms with Crippen LogP contribution in [-0.4, -0.2) is 53.5 Å². The molecule has 2 unspecified atom stereocenters. The van der Waals surface area contributed by atoms with E-state index in [1.807, 2.05) is 36.4 Å². The fourth-order valence-electron chi connectivity index (χ4n) is 4.02. The van der Waals surface area contributed by atoms with Gasteiger partial charge >= 0.3 is 12.0 Å². The number of aliphatic carboxylic acids is 1. The van der Waals surface area contributed by atoms with Crippen molar-refractivity contribution in [2.24, 2.45) is 0 Å². The van der Waals surface area contributed by atoms with Gasteiger partial charge in [0.15, 0.2) is 5.60 Å². The molecule has 0 spiro atoms. The monoisotopic (exact) mass is 487 g/mol. The number of nitrogens with zero attached hydrogens (tertiary/aromatic N) is 3. The molecule has 0 saturated carbocycles. The number of rotatable bonds is 10. The number of hydrogen-bond donors (Lipinski definition) is 1. The maximum atomic E-state index is 12.8. The molecule has 9 heteroatoms. The lowest BCUT2D eigenvalue weighted by atomic mass is 9.80. The lowest BCUT2D eigenvalue weighted by Crippen LogP contribution is -2.50. The minimum atomic E-state index is -1.59. The van der Waals surface area contributed by atoms with E-state index in [1.165, 1.54) is 27.4 Å². The Morgan fingerprint density at radius 2 is 1.50 bits per heavy atom. The lowest BCUT2D eigenvalue weighted by Gasteiger charge is -2.38. The maximum absolute atomic E-state index is 12.8. The van der Waals surface area contributed by atoms with Gasteiger partial charge in [-0.25, -0.2) is 4.79 Å². The van der Waals surface area contributed by atoms with Gasteiger partial charge in [0.2, 0.25) is 17.9 Å². The van der Waals surface area contributed by atoms with Gasteiger partial charge in [-0.1, -0.05) is 54.6 Å². The molecule has 36 heavy (non-hydrogen) atoms.